The Morgan fingerprint density at radius 3 is 2.70 bits per heavy atom. The molecular formula is C21H23F2N5O2. The summed E-state index contributed by atoms with van der Waals surface area (Å²) in [5.74, 6) is -1.04. The Labute approximate surface area is 172 Å². The van der Waals surface area contributed by atoms with Crippen molar-refractivity contribution in [2.45, 2.75) is 19.4 Å². The number of aromatic nitrogens is 3. The lowest BCUT2D eigenvalue weighted by molar-refractivity contribution is 0.0247. The molecule has 158 valence electrons. The van der Waals surface area contributed by atoms with E-state index in [0.717, 1.165) is 29.5 Å². The highest BCUT2D eigenvalue weighted by Gasteiger charge is 2.21. The molecule has 0 radical (unpaired) electrons. The van der Waals surface area contributed by atoms with Crippen LogP contribution in [0.4, 0.5) is 26.1 Å². The third-order valence-corrected chi connectivity index (χ3v) is 4.88. The average molecular weight is 415 g/mol. The molecule has 1 aliphatic heterocycles. The quantitative estimate of drug-likeness (QED) is 0.644. The average Bonchev–Trinajstić information content (AvgIpc) is 3.16. The molecule has 1 saturated heterocycles. The third-order valence-electron chi connectivity index (χ3n) is 4.88. The van der Waals surface area contributed by atoms with Crippen LogP contribution in [0.2, 0.25) is 0 Å². The number of benzene rings is 2. The van der Waals surface area contributed by atoms with Crippen LogP contribution in [0.25, 0.3) is 5.69 Å². The number of rotatable bonds is 6. The van der Waals surface area contributed by atoms with Gasteiger partial charge in [-0.3, -0.25) is 0 Å². The molecule has 2 heterocycles. The van der Waals surface area contributed by atoms with Crippen molar-refractivity contribution in [3.8, 4) is 5.69 Å². The van der Waals surface area contributed by atoms with Crippen LogP contribution in [0, 0.1) is 18.6 Å². The molecule has 0 bridgehead atoms. The zero-order valence-corrected chi connectivity index (χ0v) is 16.6. The second-order valence-corrected chi connectivity index (χ2v) is 7.27. The SMILES string of the molecule is Cc1cc(Nc2ncn(-c3cc(F)cc(F)c3)n2)cc(N2CCOC(CCO)C2)c1. The van der Waals surface area contributed by atoms with Crippen molar-refractivity contribution < 1.29 is 18.6 Å². The molecule has 1 aromatic heterocycles. The molecule has 1 fully saturated rings. The molecule has 1 atom stereocenters. The van der Waals surface area contributed by atoms with E-state index in [4.69, 9.17) is 4.74 Å². The minimum absolute atomic E-state index is 0.00435. The lowest BCUT2D eigenvalue weighted by Crippen LogP contribution is -2.42. The lowest BCUT2D eigenvalue weighted by atomic mass is 10.1. The smallest absolute Gasteiger partial charge is 0.246 e. The normalized spacial score (nSPS) is 16.7. The first-order valence-corrected chi connectivity index (χ1v) is 9.74. The van der Waals surface area contributed by atoms with Crippen molar-refractivity contribution in [1.29, 1.82) is 0 Å². The first-order valence-electron chi connectivity index (χ1n) is 9.74. The lowest BCUT2D eigenvalue weighted by Gasteiger charge is -2.34. The second kappa shape index (κ2) is 8.76. The van der Waals surface area contributed by atoms with Crippen molar-refractivity contribution in [2.24, 2.45) is 0 Å². The minimum atomic E-state index is -0.677. The zero-order chi connectivity index (χ0) is 21.1. The first-order chi connectivity index (χ1) is 14.5. The molecule has 0 spiro atoms. The van der Waals surface area contributed by atoms with Gasteiger partial charge in [0.25, 0.3) is 0 Å². The Hall–Kier alpha value is -3.04. The number of hydrogen-bond acceptors (Lipinski definition) is 6. The maximum absolute atomic E-state index is 13.5. The summed E-state index contributed by atoms with van der Waals surface area (Å²) in [5, 5.41) is 16.6. The van der Waals surface area contributed by atoms with E-state index < -0.39 is 11.6 Å². The van der Waals surface area contributed by atoms with Crippen molar-refractivity contribution in [3.63, 3.8) is 0 Å². The van der Waals surface area contributed by atoms with Crippen LogP contribution in [0.3, 0.4) is 0 Å². The fourth-order valence-electron chi connectivity index (χ4n) is 3.54. The Bertz CT molecular complexity index is 1000. The molecule has 0 aliphatic carbocycles. The minimum Gasteiger partial charge on any atom is -0.396 e. The van der Waals surface area contributed by atoms with Crippen LogP contribution in [0.5, 0.6) is 0 Å². The Balaban J connectivity index is 1.52. The number of anilines is 3. The molecule has 9 heteroatoms. The number of nitrogens with one attached hydrogen (secondary N) is 1. The highest BCUT2D eigenvalue weighted by molar-refractivity contribution is 5.64. The highest BCUT2D eigenvalue weighted by Crippen LogP contribution is 2.26. The summed E-state index contributed by atoms with van der Waals surface area (Å²) < 4.78 is 33.9. The van der Waals surface area contributed by atoms with E-state index in [1.165, 1.54) is 23.1 Å². The van der Waals surface area contributed by atoms with Crippen LogP contribution in [0.15, 0.2) is 42.7 Å². The Kier molecular flexibility index (Phi) is 5.91. The number of hydrogen-bond donors (Lipinski definition) is 2. The Morgan fingerprint density at radius 1 is 1.13 bits per heavy atom. The van der Waals surface area contributed by atoms with Gasteiger partial charge in [0.15, 0.2) is 0 Å². The number of ether oxygens (including phenoxy) is 1. The summed E-state index contributed by atoms with van der Waals surface area (Å²) in [6.07, 6.45) is 2.01. The number of morpholine rings is 1. The van der Waals surface area contributed by atoms with E-state index in [2.05, 4.69) is 26.4 Å². The summed E-state index contributed by atoms with van der Waals surface area (Å²) in [4.78, 5) is 6.42. The molecular weight excluding hydrogens is 392 g/mol. The standard InChI is InChI=1S/C21H23F2N5O2/c1-14-6-17(11-18(7-14)27-3-5-30-20(12-27)2-4-29)25-21-24-13-28(26-21)19-9-15(22)8-16(23)10-19/h6-11,13,20,29H,2-5,12H2,1H3,(H,25,26). The van der Waals surface area contributed by atoms with E-state index in [1.807, 2.05) is 19.1 Å². The molecule has 3 aromatic rings. The van der Waals surface area contributed by atoms with E-state index in [9.17, 15) is 13.9 Å². The van der Waals surface area contributed by atoms with Gasteiger partial charge in [0, 0.05) is 37.1 Å². The van der Waals surface area contributed by atoms with Crippen molar-refractivity contribution in [3.05, 3.63) is 59.9 Å². The van der Waals surface area contributed by atoms with Crippen LogP contribution < -0.4 is 10.2 Å². The van der Waals surface area contributed by atoms with Crippen molar-refractivity contribution >= 4 is 17.3 Å². The molecule has 1 aliphatic rings. The number of nitrogens with zero attached hydrogens (tertiary/aromatic N) is 4. The van der Waals surface area contributed by atoms with Gasteiger partial charge >= 0.3 is 0 Å². The molecule has 4 rings (SSSR count). The second-order valence-electron chi connectivity index (χ2n) is 7.27. The van der Waals surface area contributed by atoms with E-state index >= 15 is 0 Å². The van der Waals surface area contributed by atoms with Gasteiger partial charge in [0.05, 0.1) is 18.4 Å². The largest absolute Gasteiger partial charge is 0.396 e. The van der Waals surface area contributed by atoms with E-state index in [1.54, 1.807) is 0 Å². The van der Waals surface area contributed by atoms with E-state index in [0.29, 0.717) is 25.5 Å². The number of halogens is 2. The molecule has 2 aromatic carbocycles. The van der Waals surface area contributed by atoms with Crippen LogP contribution >= 0.6 is 0 Å². The predicted octanol–water partition coefficient (Wildman–Crippen LogP) is 3.19. The van der Waals surface area contributed by atoms with Gasteiger partial charge < -0.3 is 20.1 Å². The van der Waals surface area contributed by atoms with Crippen LogP contribution in [-0.2, 0) is 4.74 Å². The molecule has 30 heavy (non-hydrogen) atoms. The first kappa shape index (κ1) is 20.2. The number of aliphatic hydroxyl groups is 1. The number of aryl methyl sites for hydroxylation is 1. The maximum Gasteiger partial charge on any atom is 0.246 e. The highest BCUT2D eigenvalue weighted by atomic mass is 19.1. The molecule has 2 N–H and O–H groups in total. The molecule has 1 unspecified atom stereocenters. The van der Waals surface area contributed by atoms with Gasteiger partial charge in [-0.15, -0.1) is 5.10 Å². The van der Waals surface area contributed by atoms with Gasteiger partial charge in [0.2, 0.25) is 5.95 Å². The van der Waals surface area contributed by atoms with Gasteiger partial charge in [-0.1, -0.05) is 0 Å². The fraction of sp³-hybridized carbons (Fsp3) is 0.333. The third kappa shape index (κ3) is 4.74. The van der Waals surface area contributed by atoms with Gasteiger partial charge in [-0.05, 0) is 49.2 Å². The monoisotopic (exact) mass is 415 g/mol. The maximum atomic E-state index is 13.5. The summed E-state index contributed by atoms with van der Waals surface area (Å²) in [5.41, 5.74) is 3.15. The van der Waals surface area contributed by atoms with Crippen LogP contribution in [-0.4, -0.2) is 52.3 Å². The topological polar surface area (TPSA) is 75.4 Å². The predicted molar refractivity (Wildman–Crippen MR) is 109 cm³/mol. The van der Waals surface area contributed by atoms with Gasteiger partial charge in [-0.2, -0.15) is 4.98 Å². The van der Waals surface area contributed by atoms with Crippen molar-refractivity contribution in [1.82, 2.24) is 14.8 Å². The molecule has 0 amide bonds. The zero-order valence-electron chi connectivity index (χ0n) is 16.6. The summed E-state index contributed by atoms with van der Waals surface area (Å²) in [6, 6.07) is 9.24. The van der Waals surface area contributed by atoms with E-state index in [-0.39, 0.29) is 18.4 Å². The van der Waals surface area contributed by atoms with Gasteiger partial charge in [0.1, 0.15) is 18.0 Å². The Morgan fingerprint density at radius 2 is 1.93 bits per heavy atom. The van der Waals surface area contributed by atoms with Gasteiger partial charge in [-0.25, -0.2) is 13.5 Å². The number of aliphatic hydroxyl groups excluding tert-OH is 1. The molecule has 0 saturated carbocycles. The molecule has 7 nitrogen and oxygen atoms in total. The van der Waals surface area contributed by atoms with Crippen molar-refractivity contribution in [2.75, 3.05) is 36.5 Å². The fourth-order valence-corrected chi connectivity index (χ4v) is 3.54. The summed E-state index contributed by atoms with van der Waals surface area (Å²) >= 11 is 0. The summed E-state index contributed by atoms with van der Waals surface area (Å²) in [6.45, 7) is 4.19. The van der Waals surface area contributed by atoms with Crippen LogP contribution in [0.1, 0.15) is 12.0 Å². The summed E-state index contributed by atoms with van der Waals surface area (Å²) in [7, 11) is 0.